The Morgan fingerprint density at radius 3 is 2.33 bits per heavy atom. The first-order valence-corrected chi connectivity index (χ1v) is 13.3. The maximum absolute atomic E-state index is 6.14. The van der Waals surface area contributed by atoms with E-state index < -0.39 is 0 Å². The molecule has 1 N–H and O–H groups in total. The Balaban J connectivity index is 1.30. The van der Waals surface area contributed by atoms with E-state index in [1.54, 1.807) is 13.2 Å². The molecule has 0 spiro atoms. The molecule has 2 aromatic rings. The van der Waals surface area contributed by atoms with Gasteiger partial charge in [0.15, 0.2) is 11.5 Å². The van der Waals surface area contributed by atoms with Gasteiger partial charge in [0.2, 0.25) is 0 Å². The van der Waals surface area contributed by atoms with Crippen LogP contribution in [-0.2, 0) is 13.2 Å². The van der Waals surface area contributed by atoms with Crippen LogP contribution in [0.4, 0.5) is 0 Å². The van der Waals surface area contributed by atoms with Crippen molar-refractivity contribution in [2.45, 2.75) is 71.1 Å². The largest absolute Gasteiger partial charge is 0.493 e. The van der Waals surface area contributed by atoms with Gasteiger partial charge in [0.25, 0.3) is 0 Å². The molecule has 2 aromatic carbocycles. The van der Waals surface area contributed by atoms with Crippen LogP contribution in [0.25, 0.3) is 0 Å². The third-order valence-corrected chi connectivity index (χ3v) is 9.28. The van der Waals surface area contributed by atoms with Crippen LogP contribution in [0.15, 0.2) is 34.8 Å². The lowest BCUT2D eigenvalue weighted by atomic mass is 9.43. The number of hydrogen-bond acceptors (Lipinski definition) is 3. The molecule has 178 valence electrons. The number of ether oxygens (including phenoxy) is 2. The highest BCUT2D eigenvalue weighted by molar-refractivity contribution is 9.10. The zero-order chi connectivity index (χ0) is 23.4. The third-order valence-electron chi connectivity index (χ3n) is 7.95. The zero-order valence-corrected chi connectivity index (χ0v) is 22.7. The highest BCUT2D eigenvalue weighted by Crippen LogP contribution is 2.66. The van der Waals surface area contributed by atoms with Gasteiger partial charge in [0.1, 0.15) is 6.61 Å². The quantitative estimate of drug-likeness (QED) is 0.375. The van der Waals surface area contributed by atoms with Crippen LogP contribution in [0, 0.1) is 16.7 Å². The molecule has 0 heterocycles. The summed E-state index contributed by atoms with van der Waals surface area (Å²) in [5.41, 5.74) is 3.43. The van der Waals surface area contributed by atoms with Crippen LogP contribution in [0.5, 0.6) is 11.5 Å². The summed E-state index contributed by atoms with van der Waals surface area (Å²) in [6.07, 6.45) is 8.14. The molecule has 0 aliphatic heterocycles. The molecule has 33 heavy (non-hydrogen) atoms. The molecule has 2 unspecified atom stereocenters. The molecule has 0 amide bonds. The number of methoxy groups -OCH3 is 1. The van der Waals surface area contributed by atoms with Crippen LogP contribution in [0.1, 0.15) is 63.5 Å². The van der Waals surface area contributed by atoms with E-state index in [9.17, 15) is 0 Å². The average molecular weight is 553 g/mol. The third kappa shape index (κ3) is 4.78. The van der Waals surface area contributed by atoms with E-state index in [1.165, 1.54) is 44.1 Å². The minimum Gasteiger partial charge on any atom is -0.493 e. The number of hydrogen-bond donors (Lipinski definition) is 1. The molecule has 4 bridgehead atoms. The van der Waals surface area contributed by atoms with Crippen LogP contribution in [-0.4, -0.2) is 12.6 Å². The Kier molecular flexibility index (Phi) is 6.21. The average Bonchev–Trinajstić information content (AvgIpc) is 2.71. The van der Waals surface area contributed by atoms with Gasteiger partial charge in [0.05, 0.1) is 21.6 Å². The van der Waals surface area contributed by atoms with Crippen LogP contribution < -0.4 is 14.8 Å². The van der Waals surface area contributed by atoms with Crippen molar-refractivity contribution in [3.05, 3.63) is 56.0 Å². The smallest absolute Gasteiger partial charge is 0.175 e. The first kappa shape index (κ1) is 23.8. The highest BCUT2D eigenvalue weighted by Gasteiger charge is 2.59. The van der Waals surface area contributed by atoms with E-state index in [4.69, 9.17) is 32.7 Å². The van der Waals surface area contributed by atoms with Gasteiger partial charge in [-0.05, 0) is 107 Å². The van der Waals surface area contributed by atoms with Gasteiger partial charge in [-0.3, -0.25) is 0 Å². The molecule has 0 aromatic heterocycles. The first-order valence-electron chi connectivity index (χ1n) is 11.8. The number of nitrogens with one attached hydrogen (secondary N) is 1. The topological polar surface area (TPSA) is 30.5 Å². The Labute approximate surface area is 215 Å². The maximum Gasteiger partial charge on any atom is 0.175 e. The van der Waals surface area contributed by atoms with Gasteiger partial charge in [-0.1, -0.05) is 43.1 Å². The Morgan fingerprint density at radius 2 is 1.70 bits per heavy atom. The number of rotatable bonds is 7. The second kappa shape index (κ2) is 8.62. The molecular formula is C27H32BrCl2NO2. The van der Waals surface area contributed by atoms with Gasteiger partial charge in [-0.25, -0.2) is 0 Å². The first-order chi connectivity index (χ1) is 15.6. The fraction of sp³-hybridized carbons (Fsp3) is 0.556. The molecule has 4 fully saturated rings. The van der Waals surface area contributed by atoms with E-state index in [2.05, 4.69) is 47.2 Å². The summed E-state index contributed by atoms with van der Waals surface area (Å²) in [7, 11) is 1.69. The van der Waals surface area contributed by atoms with Crippen LogP contribution in [0.3, 0.4) is 0 Å². The molecule has 4 saturated carbocycles. The van der Waals surface area contributed by atoms with E-state index >= 15 is 0 Å². The lowest BCUT2D eigenvalue weighted by Crippen LogP contribution is -2.63. The molecule has 3 nitrogen and oxygen atoms in total. The summed E-state index contributed by atoms with van der Waals surface area (Å²) in [6.45, 7) is 6.25. The summed E-state index contributed by atoms with van der Waals surface area (Å²) in [6, 6.07) is 9.76. The van der Waals surface area contributed by atoms with Gasteiger partial charge in [0, 0.05) is 12.1 Å². The Hall–Kier alpha value is -0.940. The van der Waals surface area contributed by atoms with Crippen LogP contribution in [0.2, 0.25) is 10.0 Å². The molecule has 4 atom stereocenters. The van der Waals surface area contributed by atoms with Crippen molar-refractivity contribution < 1.29 is 9.47 Å². The number of halogens is 3. The van der Waals surface area contributed by atoms with Crippen molar-refractivity contribution in [1.29, 1.82) is 0 Å². The summed E-state index contributed by atoms with van der Waals surface area (Å²) >= 11 is 15.9. The molecule has 6 heteroatoms. The highest BCUT2D eigenvalue weighted by atomic mass is 79.9. The van der Waals surface area contributed by atoms with Gasteiger partial charge in [-0.15, -0.1) is 0 Å². The van der Waals surface area contributed by atoms with E-state index in [1.807, 2.05) is 12.1 Å². The predicted octanol–water partition coefficient (Wildman–Crippen LogP) is 8.18. The van der Waals surface area contributed by atoms with E-state index in [0.29, 0.717) is 33.2 Å². The zero-order valence-electron chi connectivity index (χ0n) is 19.6. The summed E-state index contributed by atoms with van der Waals surface area (Å²) in [5, 5.41) is 5.08. The molecule has 4 aliphatic carbocycles. The molecule has 0 saturated heterocycles. The van der Waals surface area contributed by atoms with Crippen molar-refractivity contribution in [1.82, 2.24) is 5.32 Å². The lowest BCUT2D eigenvalue weighted by Gasteiger charge is -2.65. The SMILES string of the molecule is COc1cc(CNC23CC4C[C@@](C)(C2)C[C@](C)(C4)C3)cc(Br)c1OCc1ccc(Cl)c(Cl)c1. The summed E-state index contributed by atoms with van der Waals surface area (Å²) < 4.78 is 12.7. The second-order valence-corrected chi connectivity index (χ2v) is 13.1. The van der Waals surface area contributed by atoms with Gasteiger partial charge >= 0.3 is 0 Å². The fourth-order valence-electron chi connectivity index (χ4n) is 7.73. The molecule has 6 rings (SSSR count). The monoisotopic (exact) mass is 551 g/mol. The van der Waals surface area contributed by atoms with Crippen molar-refractivity contribution in [3.63, 3.8) is 0 Å². The van der Waals surface area contributed by atoms with E-state index in [-0.39, 0.29) is 5.54 Å². The molecular weight excluding hydrogens is 521 g/mol. The standard InChI is InChI=1S/C27H32BrCl2NO2/c1-25-9-19-10-26(2,14-25)16-27(11-19,15-25)31-12-18-6-20(28)24(23(8-18)32-3)33-13-17-4-5-21(29)22(30)7-17/h4-8,19,31H,9-16H2,1-3H3/t19?,25-,26+,27?. The van der Waals surface area contributed by atoms with Crippen LogP contribution >= 0.6 is 39.1 Å². The minimum atomic E-state index is 0.269. The fourth-order valence-corrected chi connectivity index (χ4v) is 8.66. The lowest BCUT2D eigenvalue weighted by molar-refractivity contribution is -0.118. The van der Waals surface area contributed by atoms with Crippen molar-refractivity contribution in [2.24, 2.45) is 16.7 Å². The van der Waals surface area contributed by atoms with E-state index in [0.717, 1.165) is 28.2 Å². The molecule has 4 aliphatic rings. The summed E-state index contributed by atoms with van der Waals surface area (Å²) in [5.74, 6) is 2.30. The second-order valence-electron chi connectivity index (χ2n) is 11.4. The molecule has 0 radical (unpaired) electrons. The van der Waals surface area contributed by atoms with Gasteiger partial charge in [-0.2, -0.15) is 0 Å². The Bertz CT molecular complexity index is 1060. The number of benzene rings is 2. The van der Waals surface area contributed by atoms with Crippen molar-refractivity contribution >= 4 is 39.1 Å². The predicted molar refractivity (Wildman–Crippen MR) is 138 cm³/mol. The Morgan fingerprint density at radius 1 is 0.970 bits per heavy atom. The summed E-state index contributed by atoms with van der Waals surface area (Å²) in [4.78, 5) is 0. The van der Waals surface area contributed by atoms with Crippen molar-refractivity contribution in [2.75, 3.05) is 7.11 Å². The minimum absolute atomic E-state index is 0.269. The van der Waals surface area contributed by atoms with Gasteiger partial charge < -0.3 is 14.8 Å². The normalized spacial score (nSPS) is 32.2. The maximum atomic E-state index is 6.14. The van der Waals surface area contributed by atoms with Crippen molar-refractivity contribution in [3.8, 4) is 11.5 Å².